The van der Waals surface area contributed by atoms with Gasteiger partial charge in [-0.2, -0.15) is 0 Å². The molecule has 0 bridgehead atoms. The molecule has 9 heteroatoms. The molecule has 1 amide bonds. The molecule has 0 radical (unpaired) electrons. The summed E-state index contributed by atoms with van der Waals surface area (Å²) in [7, 11) is 1.63. The van der Waals surface area contributed by atoms with Crippen LogP contribution >= 0.6 is 23.4 Å². The maximum atomic E-state index is 12.1. The van der Waals surface area contributed by atoms with E-state index < -0.39 is 0 Å². The van der Waals surface area contributed by atoms with E-state index >= 15 is 0 Å². The van der Waals surface area contributed by atoms with Crippen LogP contribution in [-0.4, -0.2) is 33.6 Å². The van der Waals surface area contributed by atoms with Crippen molar-refractivity contribution < 1.29 is 9.53 Å². The van der Waals surface area contributed by atoms with E-state index in [2.05, 4.69) is 15.5 Å². The molecule has 0 aliphatic heterocycles. The molecule has 1 heterocycles. The number of nitrogens with one attached hydrogen (secondary N) is 1. The number of hydrogen-bond acceptors (Lipinski definition) is 6. The molecule has 3 N–H and O–H groups in total. The molecule has 146 valence electrons. The first-order chi connectivity index (χ1) is 13.5. The van der Waals surface area contributed by atoms with Gasteiger partial charge in [0.1, 0.15) is 5.75 Å². The minimum absolute atomic E-state index is 0.111. The largest absolute Gasteiger partial charge is 0.497 e. The van der Waals surface area contributed by atoms with Crippen LogP contribution in [0.2, 0.25) is 5.02 Å². The Morgan fingerprint density at radius 2 is 1.82 bits per heavy atom. The summed E-state index contributed by atoms with van der Waals surface area (Å²) in [5.74, 6) is 7.57. The average molecular weight is 418 g/mol. The molecule has 0 aliphatic carbocycles. The first kappa shape index (κ1) is 20.0. The van der Waals surface area contributed by atoms with E-state index in [0.29, 0.717) is 29.0 Å². The normalized spacial score (nSPS) is 10.6. The minimum atomic E-state index is -0.111. The average Bonchev–Trinajstić information content (AvgIpc) is 3.06. The standard InChI is InChI=1S/C19H20ClN5O2S/c1-27-16-8-4-13(5-9-16)10-17-23-24-19(25(17)21)28-12-18(26)22-11-14-2-6-15(20)7-3-14/h2-9H,10-12,21H2,1H3,(H,22,26). The SMILES string of the molecule is COc1ccc(Cc2nnc(SCC(=O)NCc3ccc(Cl)cc3)n2N)cc1. The van der Waals surface area contributed by atoms with Crippen molar-refractivity contribution >= 4 is 29.3 Å². The fourth-order valence-corrected chi connectivity index (χ4v) is 3.27. The monoisotopic (exact) mass is 417 g/mol. The van der Waals surface area contributed by atoms with E-state index in [-0.39, 0.29) is 11.7 Å². The zero-order valence-corrected chi connectivity index (χ0v) is 16.8. The second kappa shape index (κ2) is 9.48. The van der Waals surface area contributed by atoms with Gasteiger partial charge in [-0.05, 0) is 35.4 Å². The molecule has 28 heavy (non-hydrogen) atoms. The van der Waals surface area contributed by atoms with Crippen LogP contribution in [0.1, 0.15) is 17.0 Å². The number of thioether (sulfide) groups is 1. The molecule has 2 aromatic carbocycles. The number of carbonyl (C=O) groups is 1. The summed E-state index contributed by atoms with van der Waals surface area (Å²) < 4.78 is 6.57. The number of rotatable bonds is 8. The summed E-state index contributed by atoms with van der Waals surface area (Å²) in [6.07, 6.45) is 0.539. The first-order valence-electron chi connectivity index (χ1n) is 8.51. The molecule has 0 saturated heterocycles. The van der Waals surface area contributed by atoms with Crippen molar-refractivity contribution in [3.63, 3.8) is 0 Å². The third-order valence-corrected chi connectivity index (χ3v) is 5.19. The van der Waals surface area contributed by atoms with Crippen molar-refractivity contribution in [3.05, 3.63) is 70.5 Å². The van der Waals surface area contributed by atoms with E-state index in [4.69, 9.17) is 22.2 Å². The predicted molar refractivity (Wildman–Crippen MR) is 110 cm³/mol. The van der Waals surface area contributed by atoms with E-state index in [0.717, 1.165) is 16.9 Å². The summed E-state index contributed by atoms with van der Waals surface area (Å²) >= 11 is 7.09. The van der Waals surface area contributed by atoms with Crippen molar-refractivity contribution in [2.24, 2.45) is 0 Å². The van der Waals surface area contributed by atoms with Gasteiger partial charge in [0.2, 0.25) is 11.1 Å². The molecule has 0 spiro atoms. The van der Waals surface area contributed by atoms with Gasteiger partial charge in [-0.3, -0.25) is 4.79 Å². The topological polar surface area (TPSA) is 95.1 Å². The molecule has 0 fully saturated rings. The lowest BCUT2D eigenvalue weighted by atomic mass is 10.1. The number of carbonyl (C=O) groups excluding carboxylic acids is 1. The van der Waals surface area contributed by atoms with Crippen LogP contribution in [0, 0.1) is 0 Å². The Hall–Kier alpha value is -2.71. The number of halogens is 1. The lowest BCUT2D eigenvalue weighted by Crippen LogP contribution is -2.25. The number of nitrogens with zero attached hydrogens (tertiary/aromatic N) is 3. The van der Waals surface area contributed by atoms with Crippen LogP contribution in [0.5, 0.6) is 5.75 Å². The van der Waals surface area contributed by atoms with E-state index in [9.17, 15) is 4.79 Å². The number of nitrogen functional groups attached to an aromatic ring is 1. The Balaban J connectivity index is 1.50. The Kier molecular flexibility index (Phi) is 6.78. The summed E-state index contributed by atoms with van der Waals surface area (Å²) in [4.78, 5) is 12.1. The van der Waals surface area contributed by atoms with E-state index in [1.807, 2.05) is 36.4 Å². The van der Waals surface area contributed by atoms with Crippen LogP contribution < -0.4 is 15.9 Å². The third kappa shape index (κ3) is 5.40. The Morgan fingerprint density at radius 1 is 1.14 bits per heavy atom. The van der Waals surface area contributed by atoms with Crippen LogP contribution in [-0.2, 0) is 17.8 Å². The van der Waals surface area contributed by atoms with Gasteiger partial charge in [-0.25, -0.2) is 4.68 Å². The van der Waals surface area contributed by atoms with Crippen LogP contribution in [0.3, 0.4) is 0 Å². The van der Waals surface area contributed by atoms with E-state index in [1.54, 1.807) is 19.2 Å². The Labute approximate surface area is 172 Å². The lowest BCUT2D eigenvalue weighted by Gasteiger charge is -2.06. The molecule has 0 saturated carbocycles. The van der Waals surface area contributed by atoms with Crippen molar-refractivity contribution in [1.29, 1.82) is 0 Å². The molecular weight excluding hydrogens is 398 g/mol. The number of ether oxygens (including phenoxy) is 1. The quantitative estimate of drug-likeness (QED) is 0.432. The van der Waals surface area contributed by atoms with Crippen molar-refractivity contribution in [2.75, 3.05) is 18.7 Å². The highest BCUT2D eigenvalue weighted by Gasteiger charge is 2.13. The zero-order chi connectivity index (χ0) is 19.9. The minimum Gasteiger partial charge on any atom is -0.497 e. The van der Waals surface area contributed by atoms with Gasteiger partial charge in [-0.15, -0.1) is 10.2 Å². The Morgan fingerprint density at radius 3 is 2.50 bits per heavy atom. The Bertz CT molecular complexity index is 929. The maximum absolute atomic E-state index is 12.1. The van der Waals surface area contributed by atoms with Gasteiger partial charge in [0.25, 0.3) is 0 Å². The fraction of sp³-hybridized carbons (Fsp3) is 0.211. The summed E-state index contributed by atoms with van der Waals surface area (Å²) in [6, 6.07) is 15.0. The molecule has 3 rings (SSSR count). The molecule has 3 aromatic rings. The lowest BCUT2D eigenvalue weighted by molar-refractivity contribution is -0.118. The highest BCUT2D eigenvalue weighted by Crippen LogP contribution is 2.18. The van der Waals surface area contributed by atoms with Gasteiger partial charge >= 0.3 is 0 Å². The van der Waals surface area contributed by atoms with Gasteiger partial charge in [0.05, 0.1) is 12.9 Å². The molecule has 0 aliphatic rings. The molecule has 1 aromatic heterocycles. The highest BCUT2D eigenvalue weighted by atomic mass is 35.5. The van der Waals surface area contributed by atoms with Gasteiger partial charge < -0.3 is 15.9 Å². The molecule has 0 atom stereocenters. The van der Waals surface area contributed by atoms with Gasteiger partial charge in [-0.1, -0.05) is 47.6 Å². The third-order valence-electron chi connectivity index (χ3n) is 3.99. The van der Waals surface area contributed by atoms with Crippen LogP contribution in [0.15, 0.2) is 53.7 Å². The van der Waals surface area contributed by atoms with Crippen LogP contribution in [0.4, 0.5) is 0 Å². The maximum Gasteiger partial charge on any atom is 0.230 e. The number of methoxy groups -OCH3 is 1. The van der Waals surface area contributed by atoms with Crippen molar-refractivity contribution in [1.82, 2.24) is 20.2 Å². The number of nitrogens with two attached hydrogens (primary N) is 1. The van der Waals surface area contributed by atoms with Gasteiger partial charge in [0, 0.05) is 18.0 Å². The molecule has 0 unspecified atom stereocenters. The smallest absolute Gasteiger partial charge is 0.230 e. The number of aromatic nitrogens is 3. The fourth-order valence-electron chi connectivity index (χ4n) is 2.44. The first-order valence-corrected chi connectivity index (χ1v) is 9.87. The highest BCUT2D eigenvalue weighted by molar-refractivity contribution is 7.99. The number of amides is 1. The molecule has 7 nitrogen and oxygen atoms in total. The van der Waals surface area contributed by atoms with Crippen LogP contribution in [0.25, 0.3) is 0 Å². The van der Waals surface area contributed by atoms with Crippen molar-refractivity contribution in [2.45, 2.75) is 18.1 Å². The van der Waals surface area contributed by atoms with Gasteiger partial charge in [0.15, 0.2) is 5.82 Å². The predicted octanol–water partition coefficient (Wildman–Crippen LogP) is 2.65. The van der Waals surface area contributed by atoms with Crippen molar-refractivity contribution in [3.8, 4) is 5.75 Å². The van der Waals surface area contributed by atoms with E-state index in [1.165, 1.54) is 16.4 Å². The summed E-state index contributed by atoms with van der Waals surface area (Å²) in [5, 5.41) is 12.2. The summed E-state index contributed by atoms with van der Waals surface area (Å²) in [6.45, 7) is 0.439. The molecular formula is C19H20ClN5O2S. The zero-order valence-electron chi connectivity index (χ0n) is 15.3. The summed E-state index contributed by atoms with van der Waals surface area (Å²) in [5.41, 5.74) is 2.02. The second-order valence-corrected chi connectivity index (χ2v) is 7.36. The second-order valence-electron chi connectivity index (χ2n) is 5.99. The number of benzene rings is 2. The number of hydrogen-bond donors (Lipinski definition) is 2.